The van der Waals surface area contributed by atoms with Gasteiger partial charge in [0.25, 0.3) is 0 Å². The second-order valence-corrected chi connectivity index (χ2v) is 9.03. The number of rotatable bonds is 5. The maximum absolute atomic E-state index is 13.2. The van der Waals surface area contributed by atoms with Crippen LogP contribution in [0.5, 0.6) is 0 Å². The van der Waals surface area contributed by atoms with E-state index in [1.165, 1.54) is 0 Å². The van der Waals surface area contributed by atoms with Crippen molar-refractivity contribution in [3.05, 3.63) is 29.6 Å². The summed E-state index contributed by atoms with van der Waals surface area (Å²) in [4.78, 5) is -0.159. The quantitative estimate of drug-likeness (QED) is 0.789. The Bertz CT molecular complexity index is 730. The molecule has 21 heavy (non-hydrogen) atoms. The van der Waals surface area contributed by atoms with E-state index < -0.39 is 32.3 Å². The van der Waals surface area contributed by atoms with Crippen molar-refractivity contribution in [2.75, 3.05) is 18.1 Å². The number of aliphatic hydroxyl groups excluding tert-OH is 1. The topological polar surface area (TPSA) is 101 Å². The SMILES string of the molecule is O=S1(=O)CCC(CNS(=O)(=O)c2ccc(F)c(CO)c2)C1. The average molecular weight is 337 g/mol. The number of hydrogen-bond acceptors (Lipinski definition) is 5. The van der Waals surface area contributed by atoms with Gasteiger partial charge in [0.05, 0.1) is 23.0 Å². The predicted molar refractivity (Wildman–Crippen MR) is 74.3 cm³/mol. The summed E-state index contributed by atoms with van der Waals surface area (Å²) in [6, 6.07) is 3.13. The first-order valence-electron chi connectivity index (χ1n) is 6.33. The highest BCUT2D eigenvalue weighted by molar-refractivity contribution is 7.91. The van der Waals surface area contributed by atoms with Crippen LogP contribution >= 0.6 is 0 Å². The average Bonchev–Trinajstić information content (AvgIpc) is 2.76. The minimum Gasteiger partial charge on any atom is -0.392 e. The van der Waals surface area contributed by atoms with Gasteiger partial charge in [0.15, 0.2) is 9.84 Å². The molecule has 0 aromatic heterocycles. The van der Waals surface area contributed by atoms with Crippen molar-refractivity contribution in [1.29, 1.82) is 0 Å². The van der Waals surface area contributed by atoms with Crippen molar-refractivity contribution >= 4 is 19.9 Å². The zero-order valence-electron chi connectivity index (χ0n) is 11.1. The molecule has 6 nitrogen and oxygen atoms in total. The van der Waals surface area contributed by atoms with E-state index in [0.717, 1.165) is 18.2 Å². The molecule has 9 heteroatoms. The summed E-state index contributed by atoms with van der Waals surface area (Å²) in [6.07, 6.45) is 0.427. The predicted octanol–water partition coefficient (Wildman–Crippen LogP) is 0.0310. The molecule has 0 bridgehead atoms. The standard InChI is InChI=1S/C12H16FNO5S2/c13-12-2-1-11(5-10(12)7-15)21(18,19)14-6-9-3-4-20(16,17)8-9/h1-2,5,9,14-15H,3-4,6-8H2. The summed E-state index contributed by atoms with van der Waals surface area (Å²) in [5.41, 5.74) is -0.110. The molecule has 1 aliphatic heterocycles. The molecule has 0 radical (unpaired) electrons. The molecule has 1 atom stereocenters. The van der Waals surface area contributed by atoms with Crippen LogP contribution in [-0.2, 0) is 26.5 Å². The number of sulfone groups is 1. The van der Waals surface area contributed by atoms with Crippen molar-refractivity contribution in [2.45, 2.75) is 17.9 Å². The van der Waals surface area contributed by atoms with Crippen LogP contribution in [0.3, 0.4) is 0 Å². The maximum atomic E-state index is 13.2. The summed E-state index contributed by atoms with van der Waals surface area (Å²) in [6.45, 7) is -0.580. The molecule has 0 aliphatic carbocycles. The van der Waals surface area contributed by atoms with Crippen molar-refractivity contribution < 1.29 is 26.3 Å². The zero-order chi connectivity index (χ0) is 15.7. The molecular formula is C12H16FNO5S2. The van der Waals surface area contributed by atoms with Gasteiger partial charge >= 0.3 is 0 Å². The molecule has 0 saturated carbocycles. The highest BCUT2D eigenvalue weighted by Crippen LogP contribution is 2.19. The van der Waals surface area contributed by atoms with Gasteiger partial charge < -0.3 is 5.11 Å². The fourth-order valence-electron chi connectivity index (χ4n) is 2.18. The van der Waals surface area contributed by atoms with Gasteiger partial charge in [-0.05, 0) is 30.5 Å². The smallest absolute Gasteiger partial charge is 0.240 e. The number of nitrogens with one attached hydrogen (secondary N) is 1. The van der Waals surface area contributed by atoms with Crippen molar-refractivity contribution in [3.63, 3.8) is 0 Å². The summed E-state index contributed by atoms with van der Waals surface area (Å²) in [7, 11) is -6.92. The van der Waals surface area contributed by atoms with Crippen LogP contribution in [0.15, 0.2) is 23.1 Å². The van der Waals surface area contributed by atoms with Crippen molar-refractivity contribution in [2.24, 2.45) is 5.92 Å². The Hall–Kier alpha value is -1.03. The normalized spacial score (nSPS) is 21.5. The second kappa shape index (κ2) is 5.99. The van der Waals surface area contributed by atoms with Crippen molar-refractivity contribution in [1.82, 2.24) is 4.72 Å². The number of halogens is 1. The van der Waals surface area contributed by atoms with Gasteiger partial charge in [-0.1, -0.05) is 0 Å². The summed E-state index contributed by atoms with van der Waals surface area (Å²) in [5, 5.41) is 8.95. The molecule has 118 valence electrons. The lowest BCUT2D eigenvalue weighted by molar-refractivity contribution is 0.275. The lowest BCUT2D eigenvalue weighted by Crippen LogP contribution is -2.30. The van der Waals surface area contributed by atoms with E-state index in [1.54, 1.807) is 0 Å². The number of aliphatic hydroxyl groups is 1. The number of benzene rings is 1. The largest absolute Gasteiger partial charge is 0.392 e. The minimum atomic E-state index is -3.86. The molecule has 1 aliphatic rings. The van der Waals surface area contributed by atoms with Crippen LogP contribution in [0.4, 0.5) is 4.39 Å². The summed E-state index contributed by atoms with van der Waals surface area (Å²) in [5.74, 6) is -0.883. The Morgan fingerprint density at radius 3 is 2.67 bits per heavy atom. The van der Waals surface area contributed by atoms with E-state index in [4.69, 9.17) is 5.11 Å². The first-order chi connectivity index (χ1) is 9.73. The van der Waals surface area contributed by atoms with E-state index in [0.29, 0.717) is 6.42 Å². The molecular weight excluding hydrogens is 321 g/mol. The van der Waals surface area contributed by atoms with Crippen LogP contribution in [0.1, 0.15) is 12.0 Å². The molecule has 1 aromatic carbocycles. The van der Waals surface area contributed by atoms with Crippen LogP contribution in [-0.4, -0.2) is 40.0 Å². The van der Waals surface area contributed by atoms with E-state index in [-0.39, 0.29) is 34.4 Å². The van der Waals surface area contributed by atoms with Gasteiger partial charge in [-0.2, -0.15) is 0 Å². The third kappa shape index (κ3) is 4.00. The van der Waals surface area contributed by atoms with Gasteiger partial charge in [0, 0.05) is 12.1 Å². The van der Waals surface area contributed by atoms with Crippen LogP contribution in [0, 0.1) is 11.7 Å². The van der Waals surface area contributed by atoms with E-state index in [2.05, 4.69) is 4.72 Å². The molecule has 1 aromatic rings. The zero-order valence-corrected chi connectivity index (χ0v) is 12.8. The monoisotopic (exact) mass is 337 g/mol. The molecule has 1 saturated heterocycles. The Balaban J connectivity index is 2.09. The summed E-state index contributed by atoms with van der Waals surface area (Å²) >= 11 is 0. The lowest BCUT2D eigenvalue weighted by atomic mass is 10.1. The van der Waals surface area contributed by atoms with E-state index in [9.17, 15) is 21.2 Å². The van der Waals surface area contributed by atoms with Crippen molar-refractivity contribution in [3.8, 4) is 0 Å². The Morgan fingerprint density at radius 1 is 1.38 bits per heavy atom. The molecule has 0 amide bonds. The fraction of sp³-hybridized carbons (Fsp3) is 0.500. The highest BCUT2D eigenvalue weighted by atomic mass is 32.2. The molecule has 1 fully saturated rings. The Kier molecular flexibility index (Phi) is 4.66. The van der Waals surface area contributed by atoms with Gasteiger partial charge in [0.2, 0.25) is 10.0 Å². The second-order valence-electron chi connectivity index (χ2n) is 5.03. The van der Waals surface area contributed by atoms with Gasteiger partial charge in [0.1, 0.15) is 5.82 Å². The van der Waals surface area contributed by atoms with Crippen LogP contribution in [0.2, 0.25) is 0 Å². The maximum Gasteiger partial charge on any atom is 0.240 e. The minimum absolute atomic E-state index is 0.0212. The summed E-state index contributed by atoms with van der Waals surface area (Å²) < 4.78 is 62.3. The van der Waals surface area contributed by atoms with E-state index >= 15 is 0 Å². The third-order valence-corrected chi connectivity index (χ3v) is 6.64. The number of hydrogen-bond donors (Lipinski definition) is 2. The van der Waals surface area contributed by atoms with Gasteiger partial charge in [-0.25, -0.2) is 25.9 Å². The highest BCUT2D eigenvalue weighted by Gasteiger charge is 2.29. The van der Waals surface area contributed by atoms with Crippen LogP contribution in [0.25, 0.3) is 0 Å². The first kappa shape index (κ1) is 16.3. The lowest BCUT2D eigenvalue weighted by Gasteiger charge is -2.11. The molecule has 2 N–H and O–H groups in total. The number of sulfonamides is 1. The first-order valence-corrected chi connectivity index (χ1v) is 9.63. The fourth-order valence-corrected chi connectivity index (χ4v) is 5.21. The van der Waals surface area contributed by atoms with E-state index in [1.807, 2.05) is 0 Å². The molecule has 0 spiro atoms. The van der Waals surface area contributed by atoms with Gasteiger partial charge in [-0.15, -0.1) is 0 Å². The molecule has 2 rings (SSSR count). The molecule has 1 heterocycles. The Labute approximate surface area is 123 Å². The Morgan fingerprint density at radius 2 is 2.10 bits per heavy atom. The molecule has 1 unspecified atom stereocenters. The van der Waals surface area contributed by atoms with Crippen LogP contribution < -0.4 is 4.72 Å². The van der Waals surface area contributed by atoms with Gasteiger partial charge in [-0.3, -0.25) is 0 Å². The third-order valence-electron chi connectivity index (χ3n) is 3.39.